The second-order valence-electron chi connectivity index (χ2n) is 2.34. The van der Waals surface area contributed by atoms with Crippen molar-refractivity contribution in [1.29, 1.82) is 0 Å². The summed E-state index contributed by atoms with van der Waals surface area (Å²) >= 11 is 4.89. The first-order valence-corrected chi connectivity index (χ1v) is 3.72. The van der Waals surface area contributed by atoms with Crippen molar-refractivity contribution >= 4 is 16.8 Å². The number of carbonyl (C=O) groups excluding carboxylic acids is 1. The molecule has 0 aromatic carbocycles. The van der Waals surface area contributed by atoms with Crippen LogP contribution in [0.5, 0.6) is 0 Å². The van der Waals surface area contributed by atoms with Gasteiger partial charge in [0.15, 0.2) is 11.4 Å². The highest BCUT2D eigenvalue weighted by Crippen LogP contribution is 2.19. The summed E-state index contributed by atoms with van der Waals surface area (Å²) in [6.45, 7) is 0. The van der Waals surface area contributed by atoms with Crippen molar-refractivity contribution in [3.8, 4) is 0 Å². The number of H-pyrrole nitrogens is 1. The van der Waals surface area contributed by atoms with Gasteiger partial charge in [-0.25, -0.2) is 8.78 Å². The SMILES string of the molecule is O=C(Cl)c1[nH]c(F)cc(=O)c1C(F)F. The smallest absolute Gasteiger partial charge is 0.269 e. The summed E-state index contributed by atoms with van der Waals surface area (Å²) in [6.07, 6.45) is -3.18. The molecule has 1 rings (SSSR count). The molecule has 0 aliphatic heterocycles. The molecule has 0 saturated heterocycles. The van der Waals surface area contributed by atoms with Crippen molar-refractivity contribution in [2.24, 2.45) is 0 Å². The molecule has 0 unspecified atom stereocenters. The van der Waals surface area contributed by atoms with Gasteiger partial charge in [0.1, 0.15) is 5.69 Å². The Hall–Kier alpha value is -1.30. The van der Waals surface area contributed by atoms with Crippen molar-refractivity contribution in [2.45, 2.75) is 6.43 Å². The second-order valence-corrected chi connectivity index (χ2v) is 2.69. The fraction of sp³-hybridized carbons (Fsp3) is 0.143. The monoisotopic (exact) mass is 225 g/mol. The first kappa shape index (κ1) is 10.8. The Bertz CT molecular complexity index is 429. The molecule has 0 bridgehead atoms. The van der Waals surface area contributed by atoms with Crippen LogP contribution in [0.2, 0.25) is 0 Å². The minimum absolute atomic E-state index is 0.324. The lowest BCUT2D eigenvalue weighted by atomic mass is 10.2. The number of halogens is 4. The van der Waals surface area contributed by atoms with Gasteiger partial charge in [-0.05, 0) is 11.6 Å². The molecule has 0 fully saturated rings. The molecule has 1 heterocycles. The number of rotatable bonds is 2. The topological polar surface area (TPSA) is 49.9 Å². The van der Waals surface area contributed by atoms with Gasteiger partial charge in [0.05, 0.1) is 5.56 Å². The molecule has 14 heavy (non-hydrogen) atoms. The first-order valence-electron chi connectivity index (χ1n) is 3.34. The molecule has 1 aromatic heterocycles. The third-order valence-corrected chi connectivity index (χ3v) is 1.64. The number of aromatic nitrogens is 1. The molecule has 0 spiro atoms. The standard InChI is InChI=1S/C7H3ClF3NO2/c8-6(14)5-4(7(10)11)2(13)1-3(9)12-5/h1,7H,(H,12,13). The van der Waals surface area contributed by atoms with Gasteiger partial charge < -0.3 is 4.98 Å². The van der Waals surface area contributed by atoms with Crippen LogP contribution >= 0.6 is 11.6 Å². The van der Waals surface area contributed by atoms with Crippen LogP contribution < -0.4 is 5.43 Å². The zero-order valence-electron chi connectivity index (χ0n) is 6.48. The Labute approximate surface area is 80.5 Å². The molecule has 0 aliphatic rings. The third-order valence-electron chi connectivity index (χ3n) is 1.45. The number of nitrogens with one attached hydrogen (secondary N) is 1. The molecule has 0 radical (unpaired) electrons. The van der Waals surface area contributed by atoms with Crippen LogP contribution in [0.15, 0.2) is 10.9 Å². The van der Waals surface area contributed by atoms with Gasteiger partial charge in [-0.15, -0.1) is 0 Å². The highest BCUT2D eigenvalue weighted by molar-refractivity contribution is 6.67. The molecule has 0 amide bonds. The molecular formula is C7H3ClF3NO2. The number of hydrogen-bond donors (Lipinski definition) is 1. The lowest BCUT2D eigenvalue weighted by Crippen LogP contribution is -2.17. The molecule has 1 N–H and O–H groups in total. The van der Waals surface area contributed by atoms with Gasteiger partial charge in [0, 0.05) is 6.07 Å². The fourth-order valence-electron chi connectivity index (χ4n) is 0.911. The Balaban J connectivity index is 3.53. The zero-order chi connectivity index (χ0) is 10.9. The minimum atomic E-state index is -3.18. The minimum Gasteiger partial charge on any atom is -0.327 e. The van der Waals surface area contributed by atoms with Crippen LogP contribution in [0.4, 0.5) is 13.2 Å². The second kappa shape index (κ2) is 3.83. The summed E-state index contributed by atoms with van der Waals surface area (Å²) in [6, 6.07) is 0.324. The molecule has 1 aromatic rings. The molecule has 0 saturated carbocycles. The van der Waals surface area contributed by atoms with Crippen LogP contribution in [-0.4, -0.2) is 10.2 Å². The van der Waals surface area contributed by atoms with E-state index < -0.39 is 34.3 Å². The summed E-state index contributed by atoms with van der Waals surface area (Å²) in [5.41, 5.74) is -3.29. The summed E-state index contributed by atoms with van der Waals surface area (Å²) in [5.74, 6) is -1.19. The van der Waals surface area contributed by atoms with Crippen LogP contribution in [-0.2, 0) is 0 Å². The van der Waals surface area contributed by atoms with Gasteiger partial charge in [-0.3, -0.25) is 9.59 Å². The number of pyridine rings is 1. The normalized spacial score (nSPS) is 10.6. The average molecular weight is 226 g/mol. The van der Waals surface area contributed by atoms with Crippen LogP contribution in [0.25, 0.3) is 0 Å². The van der Waals surface area contributed by atoms with Crippen molar-refractivity contribution in [3.05, 3.63) is 33.5 Å². The van der Waals surface area contributed by atoms with E-state index >= 15 is 0 Å². The van der Waals surface area contributed by atoms with Crippen molar-refractivity contribution < 1.29 is 18.0 Å². The highest BCUT2D eigenvalue weighted by Gasteiger charge is 2.22. The average Bonchev–Trinajstić information content (AvgIpc) is 2.01. The maximum Gasteiger partial charge on any atom is 0.269 e. The summed E-state index contributed by atoms with van der Waals surface area (Å²) in [5, 5.41) is -1.34. The maximum absolute atomic E-state index is 12.5. The molecule has 0 aliphatic carbocycles. The van der Waals surface area contributed by atoms with Crippen molar-refractivity contribution in [2.75, 3.05) is 0 Å². The lowest BCUT2D eigenvalue weighted by molar-refractivity contribution is 0.105. The largest absolute Gasteiger partial charge is 0.327 e. The van der Waals surface area contributed by atoms with Crippen LogP contribution in [0, 0.1) is 5.95 Å². The highest BCUT2D eigenvalue weighted by atomic mass is 35.5. The van der Waals surface area contributed by atoms with E-state index in [9.17, 15) is 22.8 Å². The Kier molecular flexibility index (Phi) is 2.95. The van der Waals surface area contributed by atoms with Crippen LogP contribution in [0.1, 0.15) is 22.5 Å². The van der Waals surface area contributed by atoms with E-state index in [1.807, 2.05) is 0 Å². The quantitative estimate of drug-likeness (QED) is 0.617. The Morgan fingerprint density at radius 3 is 2.50 bits per heavy atom. The maximum atomic E-state index is 12.5. The van der Waals surface area contributed by atoms with E-state index in [1.54, 1.807) is 4.98 Å². The molecular weight excluding hydrogens is 223 g/mol. The van der Waals surface area contributed by atoms with Crippen molar-refractivity contribution in [3.63, 3.8) is 0 Å². The summed E-state index contributed by atoms with van der Waals surface area (Å²) < 4.78 is 37.0. The van der Waals surface area contributed by atoms with Gasteiger partial charge >= 0.3 is 0 Å². The van der Waals surface area contributed by atoms with E-state index in [2.05, 4.69) is 0 Å². The molecule has 76 valence electrons. The number of carbonyl (C=O) groups is 1. The number of hydrogen-bond acceptors (Lipinski definition) is 2. The van der Waals surface area contributed by atoms with E-state index in [0.717, 1.165) is 0 Å². The first-order chi connectivity index (χ1) is 6.43. The summed E-state index contributed by atoms with van der Waals surface area (Å²) in [7, 11) is 0. The van der Waals surface area contributed by atoms with Gasteiger partial charge in [0.2, 0.25) is 0 Å². The third kappa shape index (κ3) is 1.95. The van der Waals surface area contributed by atoms with Crippen LogP contribution in [0.3, 0.4) is 0 Å². The van der Waals surface area contributed by atoms with E-state index in [4.69, 9.17) is 11.6 Å². The lowest BCUT2D eigenvalue weighted by Gasteiger charge is -2.03. The predicted octanol–water partition coefficient (Wildman–Crippen LogP) is 1.83. The molecule has 3 nitrogen and oxygen atoms in total. The number of alkyl halides is 2. The predicted molar refractivity (Wildman–Crippen MR) is 42.2 cm³/mol. The van der Waals surface area contributed by atoms with E-state index in [-0.39, 0.29) is 0 Å². The Morgan fingerprint density at radius 1 is 1.50 bits per heavy atom. The Morgan fingerprint density at radius 2 is 2.07 bits per heavy atom. The zero-order valence-corrected chi connectivity index (χ0v) is 7.24. The molecule has 0 atom stereocenters. The van der Waals surface area contributed by atoms with Gasteiger partial charge in [0.25, 0.3) is 11.7 Å². The fourth-order valence-corrected chi connectivity index (χ4v) is 1.06. The van der Waals surface area contributed by atoms with E-state index in [1.165, 1.54) is 0 Å². The molecule has 7 heteroatoms. The van der Waals surface area contributed by atoms with Crippen molar-refractivity contribution in [1.82, 2.24) is 4.98 Å². The summed E-state index contributed by atoms with van der Waals surface area (Å²) in [4.78, 5) is 23.1. The number of aromatic amines is 1. The van der Waals surface area contributed by atoms with Gasteiger partial charge in [-0.2, -0.15) is 4.39 Å². The van der Waals surface area contributed by atoms with Gasteiger partial charge in [-0.1, -0.05) is 0 Å². The van der Waals surface area contributed by atoms with E-state index in [0.29, 0.717) is 6.07 Å².